The SMILES string of the molecule is C#CCN1CC(C2CCCCC2)CN(CC#N)C1.C#CCN1CC(C=C)CN(CC#N)C1.C#CCN1CC(c2ccccc2)CN(CC#N)C1.CCOC1CN(CC#N)CN(CC#N)C1. The summed E-state index contributed by atoms with van der Waals surface area (Å²) in [6, 6.07) is 21.3. The number of hydrogen-bond acceptors (Lipinski definition) is 14. The van der Waals surface area contributed by atoms with Gasteiger partial charge in [0.15, 0.2) is 0 Å². The Labute approximate surface area is 391 Å². The molecule has 4 aliphatic heterocycles. The first-order valence-electron chi connectivity index (χ1n) is 23.0. The lowest BCUT2D eigenvalue weighted by molar-refractivity contribution is -0.0364. The van der Waals surface area contributed by atoms with Crippen molar-refractivity contribution in [3.05, 3.63) is 48.6 Å². The van der Waals surface area contributed by atoms with Gasteiger partial charge in [-0.2, -0.15) is 26.3 Å². The quantitative estimate of drug-likeness (QED) is 0.160. The Bertz CT molecular complexity index is 1770. The molecule has 4 heterocycles. The number of rotatable bonds is 13. The molecule has 6 rings (SSSR count). The zero-order chi connectivity index (χ0) is 47.1. The maximum absolute atomic E-state index is 8.88. The Balaban J connectivity index is 0.000000232. The largest absolute Gasteiger partial charge is 0.376 e. The van der Waals surface area contributed by atoms with E-state index in [0.29, 0.717) is 83.4 Å². The molecule has 5 aliphatic rings. The molecule has 346 valence electrons. The molecule has 0 spiro atoms. The molecule has 0 N–H and O–H groups in total. The average Bonchev–Trinajstić information content (AvgIpc) is 3.31. The van der Waals surface area contributed by atoms with Gasteiger partial charge in [0.05, 0.1) is 115 Å². The number of ether oxygens (including phenoxy) is 1. The van der Waals surface area contributed by atoms with E-state index in [-0.39, 0.29) is 6.10 Å². The van der Waals surface area contributed by atoms with E-state index in [9.17, 15) is 0 Å². The summed E-state index contributed by atoms with van der Waals surface area (Å²) in [5, 5.41) is 43.6. The van der Waals surface area contributed by atoms with Crippen LogP contribution in [0.3, 0.4) is 0 Å². The van der Waals surface area contributed by atoms with Gasteiger partial charge in [-0.25, -0.2) is 0 Å². The molecule has 1 aliphatic carbocycles. The number of hydrogen-bond donors (Lipinski definition) is 0. The van der Waals surface area contributed by atoms with E-state index in [2.05, 4.69) is 108 Å². The lowest BCUT2D eigenvalue weighted by atomic mass is 9.79. The zero-order valence-electron chi connectivity index (χ0n) is 38.9. The molecular weight excluding hydrogens is 811 g/mol. The summed E-state index contributed by atoms with van der Waals surface area (Å²) in [5.74, 6) is 10.5. The second kappa shape index (κ2) is 32.4. The number of benzene rings is 1. The lowest BCUT2D eigenvalue weighted by Gasteiger charge is -2.42. The van der Waals surface area contributed by atoms with Crippen molar-refractivity contribution in [3.63, 3.8) is 0 Å². The molecule has 1 aromatic carbocycles. The molecule has 0 radical (unpaired) electrons. The molecule has 0 amide bonds. The highest BCUT2D eigenvalue weighted by atomic mass is 16.5. The minimum Gasteiger partial charge on any atom is -0.376 e. The molecular formula is C51H71N13O. The molecule has 1 saturated carbocycles. The standard InChI is InChI=1S/C15H23N3.C15H17N3.C11H15N3.C10H16N4O/c2*1-2-9-17-11-15(12-18(13-17)10-8-16)14-6-4-3-5-7-14;1-3-6-13-8-11(4-2)9-14(10-13)7-5-12;1-2-15-10-7-13(5-3-11)9-14(8-10)6-4-12/h1,14-15H,3-7,9-13H2;1,3-7,15H,9-13H2;1,4,11H,2,6-10H2;10H,2,5-9H2,1H3. The van der Waals surface area contributed by atoms with Crippen LogP contribution in [0.15, 0.2) is 43.0 Å². The van der Waals surface area contributed by atoms with Crippen molar-refractivity contribution in [1.29, 1.82) is 26.3 Å². The monoisotopic (exact) mass is 882 g/mol. The first-order valence-corrected chi connectivity index (χ1v) is 23.0. The molecule has 65 heavy (non-hydrogen) atoms. The van der Waals surface area contributed by atoms with Crippen molar-refractivity contribution in [2.45, 2.75) is 51.0 Å². The van der Waals surface area contributed by atoms with E-state index in [1.807, 2.05) is 28.9 Å². The van der Waals surface area contributed by atoms with Crippen LogP contribution in [0.2, 0.25) is 0 Å². The minimum absolute atomic E-state index is 0.116. The summed E-state index contributed by atoms with van der Waals surface area (Å²) in [7, 11) is 0. The van der Waals surface area contributed by atoms with E-state index in [0.717, 1.165) is 78.3 Å². The summed E-state index contributed by atoms with van der Waals surface area (Å²) < 4.78 is 5.53. The Morgan fingerprint density at radius 2 is 0.923 bits per heavy atom. The first-order chi connectivity index (χ1) is 31.8. The number of nitriles is 5. The summed E-state index contributed by atoms with van der Waals surface area (Å²) in [6.45, 7) is 21.3. The van der Waals surface area contributed by atoms with Crippen LogP contribution in [0.5, 0.6) is 0 Å². The summed E-state index contributed by atoms with van der Waals surface area (Å²) in [5.41, 5.74) is 1.32. The number of terminal acetylenes is 3. The Morgan fingerprint density at radius 1 is 0.538 bits per heavy atom. The van der Waals surface area contributed by atoms with Gasteiger partial charge in [0, 0.05) is 70.8 Å². The third-order valence-electron chi connectivity index (χ3n) is 12.2. The smallest absolute Gasteiger partial charge is 0.0877 e. The third kappa shape index (κ3) is 20.6. The maximum atomic E-state index is 8.88. The van der Waals surface area contributed by atoms with Crippen LogP contribution in [-0.2, 0) is 4.74 Å². The van der Waals surface area contributed by atoms with Crippen LogP contribution in [0, 0.1) is 111 Å². The summed E-state index contributed by atoms with van der Waals surface area (Å²) in [6.07, 6.45) is 25.0. The predicted molar refractivity (Wildman–Crippen MR) is 255 cm³/mol. The van der Waals surface area contributed by atoms with Crippen LogP contribution >= 0.6 is 0 Å². The molecule has 0 aromatic heterocycles. The Hall–Kier alpha value is -5.27. The van der Waals surface area contributed by atoms with Gasteiger partial charge in [-0.1, -0.05) is 86.3 Å². The summed E-state index contributed by atoms with van der Waals surface area (Å²) in [4.78, 5) is 17.2. The molecule has 3 atom stereocenters. The highest BCUT2D eigenvalue weighted by Gasteiger charge is 2.32. The van der Waals surface area contributed by atoms with Crippen LogP contribution < -0.4 is 0 Å². The molecule has 5 fully saturated rings. The van der Waals surface area contributed by atoms with E-state index < -0.39 is 0 Å². The maximum Gasteiger partial charge on any atom is 0.0877 e. The average molecular weight is 882 g/mol. The highest BCUT2D eigenvalue weighted by Crippen LogP contribution is 2.32. The van der Waals surface area contributed by atoms with Gasteiger partial charge < -0.3 is 4.74 Å². The fraction of sp³-hybridized carbons (Fsp3) is 0.627. The van der Waals surface area contributed by atoms with Crippen LogP contribution in [0.1, 0.15) is 50.5 Å². The van der Waals surface area contributed by atoms with Gasteiger partial charge >= 0.3 is 0 Å². The molecule has 1 aromatic rings. The van der Waals surface area contributed by atoms with Gasteiger partial charge in [-0.05, 0) is 24.3 Å². The fourth-order valence-electron chi connectivity index (χ4n) is 9.48. The van der Waals surface area contributed by atoms with Crippen LogP contribution in [0.25, 0.3) is 0 Å². The topological polar surface area (TPSA) is 154 Å². The third-order valence-corrected chi connectivity index (χ3v) is 12.2. The van der Waals surface area contributed by atoms with Gasteiger partial charge in [0.2, 0.25) is 0 Å². The van der Waals surface area contributed by atoms with Crippen molar-refractivity contribution >= 4 is 0 Å². The minimum atomic E-state index is 0.116. The summed E-state index contributed by atoms with van der Waals surface area (Å²) >= 11 is 0. The van der Waals surface area contributed by atoms with Gasteiger partial charge in [0.25, 0.3) is 0 Å². The molecule has 14 nitrogen and oxygen atoms in total. The van der Waals surface area contributed by atoms with Crippen molar-refractivity contribution in [2.24, 2.45) is 17.8 Å². The predicted octanol–water partition coefficient (Wildman–Crippen LogP) is 3.95. The molecule has 3 unspecified atom stereocenters. The van der Waals surface area contributed by atoms with E-state index in [1.165, 1.54) is 37.7 Å². The first kappa shape index (κ1) is 54.1. The Morgan fingerprint density at radius 3 is 1.34 bits per heavy atom. The fourth-order valence-corrected chi connectivity index (χ4v) is 9.48. The van der Waals surface area contributed by atoms with Crippen molar-refractivity contribution in [3.8, 4) is 67.4 Å². The molecule has 14 heteroatoms. The highest BCUT2D eigenvalue weighted by molar-refractivity contribution is 5.21. The second-order valence-electron chi connectivity index (χ2n) is 17.4. The molecule has 0 bridgehead atoms. The van der Waals surface area contributed by atoms with Crippen LogP contribution in [-0.4, -0.2) is 183 Å². The Kier molecular flexibility index (Phi) is 26.9. The van der Waals surface area contributed by atoms with Crippen molar-refractivity contribution < 1.29 is 4.74 Å². The van der Waals surface area contributed by atoms with Gasteiger partial charge in [0.1, 0.15) is 0 Å². The van der Waals surface area contributed by atoms with Gasteiger partial charge in [-0.3, -0.25) is 39.2 Å². The zero-order valence-corrected chi connectivity index (χ0v) is 38.9. The van der Waals surface area contributed by atoms with E-state index in [4.69, 9.17) is 50.3 Å². The lowest BCUT2D eigenvalue weighted by Crippen LogP contribution is -2.53. The number of nitrogens with zero attached hydrogens (tertiary/aromatic N) is 13. The second-order valence-corrected chi connectivity index (χ2v) is 17.4. The van der Waals surface area contributed by atoms with E-state index >= 15 is 0 Å². The van der Waals surface area contributed by atoms with Crippen molar-refractivity contribution in [2.75, 3.05) is 138 Å². The van der Waals surface area contributed by atoms with E-state index in [1.54, 1.807) is 0 Å². The normalized spacial score (nSPS) is 23.1. The molecule has 4 saturated heterocycles. The van der Waals surface area contributed by atoms with Gasteiger partial charge in [-0.15, -0.1) is 25.8 Å². The van der Waals surface area contributed by atoms with Crippen molar-refractivity contribution in [1.82, 2.24) is 39.2 Å². The van der Waals surface area contributed by atoms with Crippen LogP contribution in [0.4, 0.5) is 0 Å².